The summed E-state index contributed by atoms with van der Waals surface area (Å²) < 4.78 is 5.14. The second kappa shape index (κ2) is 9.22. The van der Waals surface area contributed by atoms with Crippen molar-refractivity contribution in [3.63, 3.8) is 0 Å². The van der Waals surface area contributed by atoms with Crippen molar-refractivity contribution < 1.29 is 19.1 Å². The fourth-order valence-corrected chi connectivity index (χ4v) is 2.94. The van der Waals surface area contributed by atoms with Crippen LogP contribution in [0.1, 0.15) is 28.4 Å². The quantitative estimate of drug-likeness (QED) is 0.613. The number of esters is 1. The number of benzene rings is 3. The molecule has 0 aliphatic carbocycles. The maximum atomic E-state index is 12.3. The van der Waals surface area contributed by atoms with Crippen molar-refractivity contribution in [2.75, 3.05) is 11.9 Å². The van der Waals surface area contributed by atoms with Gasteiger partial charge in [-0.1, -0.05) is 36.4 Å². The summed E-state index contributed by atoms with van der Waals surface area (Å²) >= 11 is 0. The van der Waals surface area contributed by atoms with Crippen molar-refractivity contribution in [3.8, 4) is 0 Å². The molecule has 30 heavy (non-hydrogen) atoms. The van der Waals surface area contributed by atoms with Gasteiger partial charge in [-0.2, -0.15) is 0 Å². The first-order valence-corrected chi connectivity index (χ1v) is 9.68. The summed E-state index contributed by atoms with van der Waals surface area (Å²) in [5, 5.41) is 7.31. The minimum Gasteiger partial charge on any atom is -0.451 e. The molecule has 0 aliphatic heterocycles. The summed E-state index contributed by atoms with van der Waals surface area (Å²) in [6, 6.07) is 18.7. The Morgan fingerprint density at radius 2 is 1.63 bits per heavy atom. The monoisotopic (exact) mass is 404 g/mol. The van der Waals surface area contributed by atoms with Crippen LogP contribution in [0.25, 0.3) is 10.8 Å². The third kappa shape index (κ3) is 5.23. The summed E-state index contributed by atoms with van der Waals surface area (Å²) in [5.74, 6) is -1.50. The van der Waals surface area contributed by atoms with Crippen LogP contribution in [0.15, 0.2) is 60.7 Å². The lowest BCUT2D eigenvalue weighted by Crippen LogP contribution is -2.35. The summed E-state index contributed by atoms with van der Waals surface area (Å²) in [7, 11) is 0. The lowest BCUT2D eigenvalue weighted by Gasteiger charge is -2.14. The van der Waals surface area contributed by atoms with E-state index < -0.39 is 18.0 Å². The van der Waals surface area contributed by atoms with Crippen molar-refractivity contribution in [1.29, 1.82) is 0 Å². The molecular formula is C24H24N2O4. The molecule has 3 aromatic rings. The number of ether oxygens (including phenoxy) is 1. The largest absolute Gasteiger partial charge is 0.451 e. The first-order valence-electron chi connectivity index (χ1n) is 9.68. The second-order valence-corrected chi connectivity index (χ2v) is 7.16. The van der Waals surface area contributed by atoms with Crippen LogP contribution in [0.3, 0.4) is 0 Å². The fraction of sp³-hybridized carbons (Fsp3) is 0.208. The van der Waals surface area contributed by atoms with E-state index in [1.165, 1.54) is 6.92 Å². The smallest absolute Gasteiger partial charge is 0.326 e. The Hall–Kier alpha value is -3.67. The molecule has 0 aromatic heterocycles. The maximum absolute atomic E-state index is 12.3. The number of amides is 2. The minimum absolute atomic E-state index is 0.320. The zero-order valence-corrected chi connectivity index (χ0v) is 17.2. The number of hydrogen-bond acceptors (Lipinski definition) is 4. The average molecular weight is 404 g/mol. The summed E-state index contributed by atoms with van der Waals surface area (Å²) in [4.78, 5) is 36.5. The third-order valence-corrected chi connectivity index (χ3v) is 4.86. The number of hydrogen-bond donors (Lipinski definition) is 2. The SMILES string of the molecule is Cc1ccc(C(=O)NCC(=O)O[C@@H](C)C(=O)Nc2ccc3ccccc3c2)cc1C. The van der Waals surface area contributed by atoms with E-state index in [2.05, 4.69) is 10.6 Å². The van der Waals surface area contributed by atoms with Crippen LogP contribution in [0.2, 0.25) is 0 Å². The Kier molecular flexibility index (Phi) is 6.47. The van der Waals surface area contributed by atoms with Crippen molar-refractivity contribution in [1.82, 2.24) is 5.32 Å². The van der Waals surface area contributed by atoms with Crippen LogP contribution >= 0.6 is 0 Å². The molecule has 154 valence electrons. The Balaban J connectivity index is 1.50. The predicted octanol–water partition coefficient (Wildman–Crippen LogP) is 3.76. The van der Waals surface area contributed by atoms with Crippen LogP contribution in [0.4, 0.5) is 5.69 Å². The molecule has 3 rings (SSSR count). The van der Waals surface area contributed by atoms with Gasteiger partial charge < -0.3 is 15.4 Å². The van der Waals surface area contributed by atoms with Gasteiger partial charge >= 0.3 is 5.97 Å². The molecule has 6 nitrogen and oxygen atoms in total. The van der Waals surface area contributed by atoms with E-state index >= 15 is 0 Å². The third-order valence-electron chi connectivity index (χ3n) is 4.86. The zero-order valence-electron chi connectivity index (χ0n) is 17.2. The number of carbonyl (C=O) groups excluding carboxylic acids is 3. The number of rotatable bonds is 6. The number of nitrogens with one attached hydrogen (secondary N) is 2. The van der Waals surface area contributed by atoms with Crippen molar-refractivity contribution >= 4 is 34.2 Å². The van der Waals surface area contributed by atoms with Gasteiger partial charge in [0.2, 0.25) is 0 Å². The van der Waals surface area contributed by atoms with Crippen LogP contribution in [-0.4, -0.2) is 30.4 Å². The Morgan fingerprint density at radius 1 is 0.900 bits per heavy atom. The first-order chi connectivity index (χ1) is 14.3. The maximum Gasteiger partial charge on any atom is 0.326 e. The van der Waals surface area contributed by atoms with Crippen molar-refractivity contribution in [2.45, 2.75) is 26.9 Å². The fourth-order valence-electron chi connectivity index (χ4n) is 2.94. The normalized spacial score (nSPS) is 11.6. The van der Waals surface area contributed by atoms with E-state index in [4.69, 9.17) is 4.74 Å². The Labute approximate surface area is 175 Å². The molecule has 0 unspecified atom stereocenters. The highest BCUT2D eigenvalue weighted by atomic mass is 16.5. The number of carbonyl (C=O) groups is 3. The Morgan fingerprint density at radius 3 is 2.37 bits per heavy atom. The molecule has 6 heteroatoms. The topological polar surface area (TPSA) is 84.5 Å². The summed E-state index contributed by atoms with van der Waals surface area (Å²) in [6.07, 6.45) is -0.998. The highest BCUT2D eigenvalue weighted by molar-refractivity contribution is 5.98. The Bertz CT molecular complexity index is 1110. The zero-order chi connectivity index (χ0) is 21.7. The molecule has 0 saturated heterocycles. The van der Waals surface area contributed by atoms with Gasteiger partial charge in [-0.3, -0.25) is 14.4 Å². The van der Waals surface area contributed by atoms with Crippen LogP contribution in [0.5, 0.6) is 0 Å². The van der Waals surface area contributed by atoms with Gasteiger partial charge in [0.25, 0.3) is 11.8 Å². The molecule has 0 aliphatic rings. The first kappa shape index (κ1) is 21.0. The average Bonchev–Trinajstić information content (AvgIpc) is 2.73. The van der Waals surface area contributed by atoms with Gasteiger partial charge in [-0.25, -0.2) is 0 Å². The van der Waals surface area contributed by atoms with E-state index in [0.717, 1.165) is 21.9 Å². The minimum atomic E-state index is -0.998. The summed E-state index contributed by atoms with van der Waals surface area (Å²) in [5.41, 5.74) is 3.15. The van der Waals surface area contributed by atoms with Gasteiger partial charge in [-0.15, -0.1) is 0 Å². The van der Waals surface area contributed by atoms with Crippen LogP contribution in [0, 0.1) is 13.8 Å². The molecule has 3 aromatic carbocycles. The standard InChI is InChI=1S/C24H24N2O4/c1-15-8-9-20(12-16(15)2)24(29)25-14-22(27)30-17(3)23(28)26-21-11-10-18-6-4-5-7-19(18)13-21/h4-13,17H,14H2,1-3H3,(H,25,29)(H,26,28)/t17-/m0/s1. The van der Waals surface area contributed by atoms with Gasteiger partial charge in [0.1, 0.15) is 6.54 Å². The molecular weight excluding hydrogens is 380 g/mol. The van der Waals surface area contributed by atoms with Gasteiger partial charge in [0.15, 0.2) is 6.10 Å². The number of anilines is 1. The van der Waals surface area contributed by atoms with Crippen molar-refractivity contribution in [3.05, 3.63) is 77.4 Å². The molecule has 1 atom stereocenters. The molecule has 0 fully saturated rings. The van der Waals surface area contributed by atoms with Crippen LogP contribution in [-0.2, 0) is 14.3 Å². The predicted molar refractivity (Wildman–Crippen MR) is 116 cm³/mol. The second-order valence-electron chi connectivity index (χ2n) is 7.16. The van der Waals surface area contributed by atoms with E-state index in [-0.39, 0.29) is 12.5 Å². The molecule has 0 saturated carbocycles. The molecule has 0 heterocycles. The van der Waals surface area contributed by atoms with Gasteiger partial charge in [0, 0.05) is 11.3 Å². The molecule has 0 spiro atoms. The van der Waals surface area contributed by atoms with E-state index in [0.29, 0.717) is 11.3 Å². The number of fused-ring (bicyclic) bond motifs is 1. The van der Waals surface area contributed by atoms with E-state index in [9.17, 15) is 14.4 Å². The molecule has 2 amide bonds. The van der Waals surface area contributed by atoms with E-state index in [1.807, 2.05) is 56.3 Å². The van der Waals surface area contributed by atoms with Gasteiger partial charge in [0.05, 0.1) is 0 Å². The molecule has 0 bridgehead atoms. The number of aryl methyl sites for hydroxylation is 2. The highest BCUT2D eigenvalue weighted by Gasteiger charge is 2.19. The van der Waals surface area contributed by atoms with Crippen LogP contribution < -0.4 is 10.6 Å². The summed E-state index contributed by atoms with van der Waals surface area (Å²) in [6.45, 7) is 5.04. The highest BCUT2D eigenvalue weighted by Crippen LogP contribution is 2.19. The van der Waals surface area contributed by atoms with Gasteiger partial charge in [-0.05, 0) is 66.9 Å². The van der Waals surface area contributed by atoms with E-state index in [1.54, 1.807) is 18.2 Å². The lowest BCUT2D eigenvalue weighted by atomic mass is 10.1. The van der Waals surface area contributed by atoms with Crippen molar-refractivity contribution in [2.24, 2.45) is 0 Å². The lowest BCUT2D eigenvalue weighted by molar-refractivity contribution is -0.152. The molecule has 2 N–H and O–H groups in total. The molecule has 0 radical (unpaired) electrons.